The standard InChI is InChI=1S/C21H20N2O4S/c1-3-26-19(24)13-27-17-7-5-4-6-15(17)12-18-20(25)23-21(28-18)22-16-10-8-14(2)9-11-16/h4-12H,3,13H2,1-2H3,(H,22,23,25). The van der Waals surface area contributed by atoms with E-state index in [9.17, 15) is 9.59 Å². The fraction of sp³-hybridized carbons (Fsp3) is 0.190. The third kappa shape index (κ3) is 5.23. The first-order valence-corrected chi connectivity index (χ1v) is 9.60. The number of carbonyl (C=O) groups is 2. The lowest BCUT2D eigenvalue weighted by atomic mass is 10.2. The van der Waals surface area contributed by atoms with E-state index >= 15 is 0 Å². The number of hydrogen-bond acceptors (Lipinski definition) is 6. The average Bonchev–Trinajstić information content (AvgIpc) is 3.02. The number of thioether (sulfide) groups is 1. The number of para-hydroxylation sites is 1. The fourth-order valence-electron chi connectivity index (χ4n) is 2.43. The Balaban J connectivity index is 1.75. The van der Waals surface area contributed by atoms with E-state index in [0.29, 0.717) is 28.0 Å². The Bertz CT molecular complexity index is 936. The lowest BCUT2D eigenvalue weighted by molar-refractivity contribution is -0.145. The van der Waals surface area contributed by atoms with Gasteiger partial charge in [-0.05, 0) is 49.9 Å². The topological polar surface area (TPSA) is 77.0 Å². The van der Waals surface area contributed by atoms with Gasteiger partial charge in [0.1, 0.15) is 5.75 Å². The van der Waals surface area contributed by atoms with Crippen LogP contribution in [0.25, 0.3) is 6.08 Å². The molecule has 0 saturated carbocycles. The van der Waals surface area contributed by atoms with Gasteiger partial charge >= 0.3 is 5.97 Å². The highest BCUT2D eigenvalue weighted by Crippen LogP contribution is 2.30. The molecular formula is C21H20N2O4S. The van der Waals surface area contributed by atoms with Crippen LogP contribution in [0.2, 0.25) is 0 Å². The largest absolute Gasteiger partial charge is 0.481 e. The van der Waals surface area contributed by atoms with Crippen molar-refractivity contribution in [1.82, 2.24) is 5.32 Å². The molecule has 2 aromatic rings. The minimum atomic E-state index is -0.439. The summed E-state index contributed by atoms with van der Waals surface area (Å²) in [4.78, 5) is 28.8. The number of amidine groups is 1. The van der Waals surface area contributed by atoms with Gasteiger partial charge in [0, 0.05) is 5.56 Å². The number of nitrogens with zero attached hydrogens (tertiary/aromatic N) is 1. The molecule has 0 aromatic heterocycles. The van der Waals surface area contributed by atoms with E-state index in [4.69, 9.17) is 9.47 Å². The molecule has 3 rings (SSSR count). The summed E-state index contributed by atoms with van der Waals surface area (Å²) in [6.07, 6.45) is 1.72. The fourth-order valence-corrected chi connectivity index (χ4v) is 3.26. The number of hydrogen-bond donors (Lipinski definition) is 1. The maximum absolute atomic E-state index is 12.3. The molecule has 6 nitrogen and oxygen atoms in total. The highest BCUT2D eigenvalue weighted by atomic mass is 32.2. The third-order valence-electron chi connectivity index (χ3n) is 3.77. The van der Waals surface area contributed by atoms with Crippen molar-refractivity contribution in [3.63, 3.8) is 0 Å². The van der Waals surface area contributed by atoms with Gasteiger partial charge < -0.3 is 14.8 Å². The molecule has 0 unspecified atom stereocenters. The van der Waals surface area contributed by atoms with Gasteiger partial charge in [-0.15, -0.1) is 0 Å². The number of nitrogens with one attached hydrogen (secondary N) is 1. The lowest BCUT2D eigenvalue weighted by Gasteiger charge is -2.08. The van der Waals surface area contributed by atoms with Crippen LogP contribution < -0.4 is 10.1 Å². The number of aliphatic imine (C=N–C) groups is 1. The van der Waals surface area contributed by atoms with Gasteiger partial charge in [-0.2, -0.15) is 0 Å². The van der Waals surface area contributed by atoms with Gasteiger partial charge in [0.2, 0.25) is 0 Å². The second-order valence-corrected chi connectivity index (χ2v) is 6.98. The maximum atomic E-state index is 12.3. The molecule has 2 aromatic carbocycles. The van der Waals surface area contributed by atoms with E-state index in [1.807, 2.05) is 43.3 Å². The van der Waals surface area contributed by atoms with Crippen molar-refractivity contribution >= 4 is 40.6 Å². The molecule has 1 aliphatic rings. The Morgan fingerprint density at radius 1 is 1.18 bits per heavy atom. The molecule has 0 radical (unpaired) electrons. The molecular weight excluding hydrogens is 376 g/mol. The molecule has 1 N–H and O–H groups in total. The summed E-state index contributed by atoms with van der Waals surface area (Å²) in [6, 6.07) is 14.9. The SMILES string of the molecule is CCOC(=O)COc1ccccc1C=C1SC(=Nc2ccc(C)cc2)NC1=O. The van der Waals surface area contributed by atoms with E-state index in [1.165, 1.54) is 11.8 Å². The Kier molecular flexibility index (Phi) is 6.49. The van der Waals surface area contributed by atoms with Crippen LogP contribution in [0.5, 0.6) is 5.75 Å². The quantitative estimate of drug-likeness (QED) is 0.593. The predicted octanol–water partition coefficient (Wildman–Crippen LogP) is 3.83. The minimum absolute atomic E-state index is 0.187. The van der Waals surface area contributed by atoms with Crippen LogP contribution in [0.1, 0.15) is 18.1 Å². The second kappa shape index (κ2) is 9.23. The number of esters is 1. The first kappa shape index (κ1) is 19.7. The smallest absolute Gasteiger partial charge is 0.344 e. The highest BCUT2D eigenvalue weighted by molar-refractivity contribution is 8.18. The minimum Gasteiger partial charge on any atom is -0.481 e. The number of ether oxygens (including phenoxy) is 2. The molecule has 1 saturated heterocycles. The van der Waals surface area contributed by atoms with E-state index in [0.717, 1.165) is 11.3 Å². The number of amides is 1. The zero-order valence-corrected chi connectivity index (χ0v) is 16.4. The molecule has 144 valence electrons. The van der Waals surface area contributed by atoms with Gasteiger partial charge in [0.25, 0.3) is 5.91 Å². The van der Waals surface area contributed by atoms with E-state index in [-0.39, 0.29) is 12.5 Å². The Morgan fingerprint density at radius 3 is 2.68 bits per heavy atom. The highest BCUT2D eigenvalue weighted by Gasteiger charge is 2.24. The molecule has 0 bridgehead atoms. The monoisotopic (exact) mass is 396 g/mol. The second-order valence-electron chi connectivity index (χ2n) is 5.95. The molecule has 7 heteroatoms. The average molecular weight is 396 g/mol. The van der Waals surface area contributed by atoms with Crippen molar-refractivity contribution in [1.29, 1.82) is 0 Å². The Morgan fingerprint density at radius 2 is 1.93 bits per heavy atom. The molecule has 28 heavy (non-hydrogen) atoms. The van der Waals surface area contributed by atoms with Crippen molar-refractivity contribution in [3.05, 3.63) is 64.6 Å². The number of carbonyl (C=O) groups excluding carboxylic acids is 2. The Labute approximate surface area is 167 Å². The van der Waals surface area contributed by atoms with E-state index < -0.39 is 5.97 Å². The van der Waals surface area contributed by atoms with Crippen LogP contribution in [0, 0.1) is 6.92 Å². The number of rotatable bonds is 6. The van der Waals surface area contributed by atoms with Gasteiger partial charge in [-0.25, -0.2) is 9.79 Å². The van der Waals surface area contributed by atoms with Gasteiger partial charge in [0.05, 0.1) is 17.2 Å². The van der Waals surface area contributed by atoms with Gasteiger partial charge in [0.15, 0.2) is 11.8 Å². The number of aryl methyl sites for hydroxylation is 1. The van der Waals surface area contributed by atoms with Crippen LogP contribution >= 0.6 is 11.8 Å². The van der Waals surface area contributed by atoms with Crippen molar-refractivity contribution in [2.75, 3.05) is 13.2 Å². The normalized spacial score (nSPS) is 16.3. The molecule has 1 heterocycles. The summed E-state index contributed by atoms with van der Waals surface area (Å²) in [5.41, 5.74) is 2.61. The molecule has 1 fully saturated rings. The van der Waals surface area contributed by atoms with Crippen molar-refractivity contribution in [2.24, 2.45) is 4.99 Å². The van der Waals surface area contributed by atoms with Crippen LogP contribution in [0.3, 0.4) is 0 Å². The summed E-state index contributed by atoms with van der Waals surface area (Å²) < 4.78 is 10.4. The van der Waals surface area contributed by atoms with Gasteiger partial charge in [-0.1, -0.05) is 35.9 Å². The predicted molar refractivity (Wildman–Crippen MR) is 111 cm³/mol. The molecule has 0 spiro atoms. The first-order chi connectivity index (χ1) is 13.5. The van der Waals surface area contributed by atoms with Crippen LogP contribution in [0.4, 0.5) is 5.69 Å². The summed E-state index contributed by atoms with van der Waals surface area (Å²) >= 11 is 1.26. The molecule has 0 atom stereocenters. The van der Waals surface area contributed by atoms with Gasteiger partial charge in [-0.3, -0.25) is 4.79 Å². The van der Waals surface area contributed by atoms with Crippen molar-refractivity contribution in [2.45, 2.75) is 13.8 Å². The first-order valence-electron chi connectivity index (χ1n) is 8.79. The third-order valence-corrected chi connectivity index (χ3v) is 4.68. The molecule has 0 aliphatic carbocycles. The van der Waals surface area contributed by atoms with Crippen LogP contribution in [0.15, 0.2) is 58.4 Å². The zero-order valence-electron chi connectivity index (χ0n) is 15.6. The summed E-state index contributed by atoms with van der Waals surface area (Å²) in [5.74, 6) is -0.165. The molecule has 1 aliphatic heterocycles. The van der Waals surface area contributed by atoms with Crippen molar-refractivity contribution in [3.8, 4) is 5.75 Å². The summed E-state index contributed by atoms with van der Waals surface area (Å²) in [5, 5.41) is 3.28. The van der Waals surface area contributed by atoms with Crippen LogP contribution in [-0.2, 0) is 14.3 Å². The summed E-state index contributed by atoms with van der Waals surface area (Å²) in [7, 11) is 0. The van der Waals surface area contributed by atoms with E-state index in [1.54, 1.807) is 25.1 Å². The Hall–Kier alpha value is -3.06. The number of benzene rings is 2. The maximum Gasteiger partial charge on any atom is 0.344 e. The van der Waals surface area contributed by atoms with Crippen molar-refractivity contribution < 1.29 is 19.1 Å². The van der Waals surface area contributed by atoms with E-state index in [2.05, 4.69) is 10.3 Å². The lowest BCUT2D eigenvalue weighted by Crippen LogP contribution is -2.19. The van der Waals surface area contributed by atoms with Crippen LogP contribution in [-0.4, -0.2) is 30.3 Å². The summed E-state index contributed by atoms with van der Waals surface area (Å²) in [6.45, 7) is 3.86. The molecule has 1 amide bonds. The zero-order chi connectivity index (χ0) is 19.9.